The third-order valence-electron chi connectivity index (χ3n) is 2.26. The SMILES string of the molecule is Cc1ncn2c1C(O)CCC2. The molecule has 60 valence electrons. The van der Waals surface area contributed by atoms with E-state index < -0.39 is 0 Å². The predicted molar refractivity (Wildman–Crippen MR) is 41.2 cm³/mol. The van der Waals surface area contributed by atoms with Crippen LogP contribution >= 0.6 is 0 Å². The topological polar surface area (TPSA) is 38.0 Å². The third kappa shape index (κ3) is 0.959. The molecule has 11 heavy (non-hydrogen) atoms. The number of imidazole rings is 1. The molecule has 1 aliphatic heterocycles. The molecule has 1 unspecified atom stereocenters. The molecular formula is C8H12N2O. The molecule has 0 spiro atoms. The van der Waals surface area contributed by atoms with E-state index in [1.165, 1.54) is 0 Å². The molecule has 3 nitrogen and oxygen atoms in total. The zero-order valence-electron chi connectivity index (χ0n) is 6.62. The van der Waals surface area contributed by atoms with Gasteiger partial charge in [-0.05, 0) is 19.8 Å². The highest BCUT2D eigenvalue weighted by Gasteiger charge is 2.20. The Morgan fingerprint density at radius 1 is 1.73 bits per heavy atom. The van der Waals surface area contributed by atoms with Crippen LogP contribution in [0.2, 0.25) is 0 Å². The molecule has 1 atom stereocenters. The van der Waals surface area contributed by atoms with Crippen molar-refractivity contribution in [3.8, 4) is 0 Å². The third-order valence-corrected chi connectivity index (χ3v) is 2.26. The average Bonchev–Trinajstić information content (AvgIpc) is 2.34. The number of aliphatic hydroxyl groups is 1. The summed E-state index contributed by atoms with van der Waals surface area (Å²) >= 11 is 0. The van der Waals surface area contributed by atoms with E-state index in [0.29, 0.717) is 0 Å². The van der Waals surface area contributed by atoms with Crippen molar-refractivity contribution in [2.45, 2.75) is 32.4 Å². The zero-order chi connectivity index (χ0) is 7.84. The van der Waals surface area contributed by atoms with Gasteiger partial charge in [0.25, 0.3) is 0 Å². The van der Waals surface area contributed by atoms with Crippen molar-refractivity contribution < 1.29 is 5.11 Å². The number of aromatic nitrogens is 2. The minimum absolute atomic E-state index is 0.286. The highest BCUT2D eigenvalue weighted by molar-refractivity contribution is 5.15. The summed E-state index contributed by atoms with van der Waals surface area (Å²) in [5.74, 6) is 0. The van der Waals surface area contributed by atoms with Crippen LogP contribution in [0.5, 0.6) is 0 Å². The number of rotatable bonds is 0. The largest absolute Gasteiger partial charge is 0.387 e. The van der Waals surface area contributed by atoms with E-state index in [0.717, 1.165) is 30.8 Å². The van der Waals surface area contributed by atoms with Gasteiger partial charge < -0.3 is 9.67 Å². The number of hydrogen-bond donors (Lipinski definition) is 1. The highest BCUT2D eigenvalue weighted by Crippen LogP contribution is 2.26. The summed E-state index contributed by atoms with van der Waals surface area (Å²) in [6, 6.07) is 0. The highest BCUT2D eigenvalue weighted by atomic mass is 16.3. The fourth-order valence-electron chi connectivity index (χ4n) is 1.69. The van der Waals surface area contributed by atoms with Crippen LogP contribution in [0.4, 0.5) is 0 Å². The van der Waals surface area contributed by atoms with E-state index in [-0.39, 0.29) is 6.10 Å². The van der Waals surface area contributed by atoms with Gasteiger partial charge in [0.05, 0.1) is 23.8 Å². The molecule has 3 heteroatoms. The zero-order valence-corrected chi connectivity index (χ0v) is 6.62. The van der Waals surface area contributed by atoms with Crippen LogP contribution in [0.25, 0.3) is 0 Å². The maximum absolute atomic E-state index is 9.57. The second-order valence-corrected chi connectivity index (χ2v) is 3.07. The first-order valence-electron chi connectivity index (χ1n) is 3.98. The van der Waals surface area contributed by atoms with E-state index in [1.54, 1.807) is 0 Å². The summed E-state index contributed by atoms with van der Waals surface area (Å²) in [7, 11) is 0. The van der Waals surface area contributed by atoms with Crippen molar-refractivity contribution >= 4 is 0 Å². The minimum atomic E-state index is -0.286. The molecule has 1 aromatic heterocycles. The van der Waals surface area contributed by atoms with Crippen LogP contribution in [0.15, 0.2) is 6.33 Å². The van der Waals surface area contributed by atoms with Gasteiger partial charge in [-0.15, -0.1) is 0 Å². The van der Waals surface area contributed by atoms with Crippen molar-refractivity contribution in [2.75, 3.05) is 0 Å². The first kappa shape index (κ1) is 6.85. The average molecular weight is 152 g/mol. The molecule has 1 N–H and O–H groups in total. The standard InChI is InChI=1S/C8H12N2O/c1-6-8-7(11)3-2-4-10(8)5-9-6/h5,7,11H,2-4H2,1H3. The molecule has 0 bridgehead atoms. The Balaban J connectivity index is 2.48. The van der Waals surface area contributed by atoms with Gasteiger partial charge in [-0.1, -0.05) is 0 Å². The van der Waals surface area contributed by atoms with Gasteiger partial charge in [-0.3, -0.25) is 0 Å². The van der Waals surface area contributed by atoms with Crippen molar-refractivity contribution in [3.63, 3.8) is 0 Å². The summed E-state index contributed by atoms with van der Waals surface area (Å²) in [5, 5.41) is 9.57. The smallest absolute Gasteiger partial charge is 0.0959 e. The van der Waals surface area contributed by atoms with Gasteiger partial charge in [-0.2, -0.15) is 0 Å². The molecule has 0 saturated carbocycles. The second kappa shape index (κ2) is 2.34. The lowest BCUT2D eigenvalue weighted by Gasteiger charge is -2.20. The Bertz CT molecular complexity index is 267. The molecular weight excluding hydrogens is 140 g/mol. The lowest BCUT2D eigenvalue weighted by Crippen LogP contribution is -2.14. The predicted octanol–water partition coefficient (Wildman–Crippen LogP) is 1.02. The normalized spacial score (nSPS) is 23.3. The number of fused-ring (bicyclic) bond motifs is 1. The van der Waals surface area contributed by atoms with Gasteiger partial charge >= 0.3 is 0 Å². The summed E-state index contributed by atoms with van der Waals surface area (Å²) in [6.45, 7) is 2.95. The monoisotopic (exact) mass is 152 g/mol. The number of hydrogen-bond acceptors (Lipinski definition) is 2. The Morgan fingerprint density at radius 3 is 3.27 bits per heavy atom. The molecule has 1 aromatic rings. The van der Waals surface area contributed by atoms with Crippen molar-refractivity contribution in [3.05, 3.63) is 17.7 Å². The van der Waals surface area contributed by atoms with Gasteiger partial charge in [0.2, 0.25) is 0 Å². The van der Waals surface area contributed by atoms with Crippen LogP contribution in [0.3, 0.4) is 0 Å². The van der Waals surface area contributed by atoms with Crippen LogP contribution < -0.4 is 0 Å². The van der Waals surface area contributed by atoms with Crippen molar-refractivity contribution in [2.24, 2.45) is 0 Å². The number of aliphatic hydroxyl groups excluding tert-OH is 1. The molecule has 2 rings (SSSR count). The van der Waals surface area contributed by atoms with Gasteiger partial charge in [0.1, 0.15) is 0 Å². The summed E-state index contributed by atoms with van der Waals surface area (Å²) < 4.78 is 2.05. The molecule has 0 amide bonds. The van der Waals surface area contributed by atoms with E-state index in [1.807, 2.05) is 17.8 Å². The molecule has 0 aliphatic carbocycles. The molecule has 0 radical (unpaired) electrons. The number of nitrogens with zero attached hydrogens (tertiary/aromatic N) is 2. The first-order valence-corrected chi connectivity index (χ1v) is 3.98. The van der Waals surface area contributed by atoms with E-state index >= 15 is 0 Å². The number of aryl methyl sites for hydroxylation is 2. The van der Waals surface area contributed by atoms with Crippen LogP contribution in [-0.2, 0) is 6.54 Å². The van der Waals surface area contributed by atoms with Gasteiger partial charge in [-0.25, -0.2) is 4.98 Å². The quantitative estimate of drug-likeness (QED) is 0.602. The molecule has 0 aromatic carbocycles. The fourth-order valence-corrected chi connectivity index (χ4v) is 1.69. The van der Waals surface area contributed by atoms with Crippen molar-refractivity contribution in [1.82, 2.24) is 9.55 Å². The second-order valence-electron chi connectivity index (χ2n) is 3.07. The van der Waals surface area contributed by atoms with E-state index in [2.05, 4.69) is 4.98 Å². The molecule has 0 fully saturated rings. The fraction of sp³-hybridized carbons (Fsp3) is 0.625. The molecule has 0 saturated heterocycles. The lowest BCUT2D eigenvalue weighted by molar-refractivity contribution is 0.138. The maximum Gasteiger partial charge on any atom is 0.0959 e. The Morgan fingerprint density at radius 2 is 2.55 bits per heavy atom. The molecule has 2 heterocycles. The maximum atomic E-state index is 9.57. The van der Waals surface area contributed by atoms with Gasteiger partial charge in [0, 0.05) is 6.54 Å². The Labute approximate surface area is 65.7 Å². The van der Waals surface area contributed by atoms with Gasteiger partial charge in [0.15, 0.2) is 0 Å². The van der Waals surface area contributed by atoms with Crippen LogP contribution in [0, 0.1) is 6.92 Å². The van der Waals surface area contributed by atoms with E-state index in [4.69, 9.17) is 0 Å². The summed E-state index contributed by atoms with van der Waals surface area (Å²) in [4.78, 5) is 4.15. The summed E-state index contributed by atoms with van der Waals surface area (Å²) in [6.07, 6.45) is 3.47. The lowest BCUT2D eigenvalue weighted by atomic mass is 10.1. The summed E-state index contributed by atoms with van der Waals surface area (Å²) in [5.41, 5.74) is 1.98. The van der Waals surface area contributed by atoms with Crippen molar-refractivity contribution in [1.29, 1.82) is 0 Å². The van der Waals surface area contributed by atoms with E-state index in [9.17, 15) is 5.11 Å². The Kier molecular flexibility index (Phi) is 1.46. The first-order chi connectivity index (χ1) is 5.29. The minimum Gasteiger partial charge on any atom is -0.387 e. The Hall–Kier alpha value is -0.830. The molecule has 1 aliphatic rings. The van der Waals surface area contributed by atoms with Crippen LogP contribution in [-0.4, -0.2) is 14.7 Å². The van der Waals surface area contributed by atoms with Crippen LogP contribution in [0.1, 0.15) is 30.3 Å².